The maximum absolute atomic E-state index is 12.0. The van der Waals surface area contributed by atoms with Crippen LogP contribution in [-0.2, 0) is 9.53 Å². The normalized spacial score (nSPS) is 16.1. The summed E-state index contributed by atoms with van der Waals surface area (Å²) in [6.45, 7) is 3.87. The average Bonchev–Trinajstić information content (AvgIpc) is 2.38. The highest BCUT2D eigenvalue weighted by molar-refractivity contribution is 6.67. The quantitative estimate of drug-likeness (QED) is 0.498. The van der Waals surface area contributed by atoms with Crippen LogP contribution in [-0.4, -0.2) is 21.7 Å². The summed E-state index contributed by atoms with van der Waals surface area (Å²) in [6.07, 6.45) is 0.141. The molecule has 3 unspecified atom stereocenters. The standard InChI is InChI=1S/C15H18Cl4O2/c1-3-21-14(20)10(2)13(11-7-5-4-6-8-11)12(16)9-15(17,18)19/h4-8,10,12-13H,3,9H2,1-2H3. The van der Waals surface area contributed by atoms with Gasteiger partial charge in [-0.2, -0.15) is 0 Å². The number of rotatable bonds is 6. The first-order chi connectivity index (χ1) is 9.76. The van der Waals surface area contributed by atoms with Gasteiger partial charge in [-0.15, -0.1) is 11.6 Å². The monoisotopic (exact) mass is 370 g/mol. The molecule has 0 fully saturated rings. The maximum atomic E-state index is 12.0. The summed E-state index contributed by atoms with van der Waals surface area (Å²) in [6, 6.07) is 9.49. The molecule has 3 atom stereocenters. The molecule has 0 aromatic heterocycles. The van der Waals surface area contributed by atoms with Crippen LogP contribution in [0.4, 0.5) is 0 Å². The van der Waals surface area contributed by atoms with Crippen molar-refractivity contribution in [3.05, 3.63) is 35.9 Å². The number of esters is 1. The number of halogens is 4. The summed E-state index contributed by atoms with van der Waals surface area (Å²) in [5.74, 6) is -1.02. The second-order valence-corrected chi connectivity index (χ2v) is 7.89. The van der Waals surface area contributed by atoms with E-state index in [4.69, 9.17) is 51.1 Å². The Morgan fingerprint density at radius 3 is 2.29 bits per heavy atom. The van der Waals surface area contributed by atoms with Crippen LogP contribution < -0.4 is 0 Å². The Kier molecular flexibility index (Phi) is 7.63. The molecule has 0 aliphatic carbocycles. The smallest absolute Gasteiger partial charge is 0.309 e. The van der Waals surface area contributed by atoms with E-state index >= 15 is 0 Å². The Labute approximate surface area is 145 Å². The zero-order valence-corrected chi connectivity index (χ0v) is 14.9. The van der Waals surface area contributed by atoms with Crippen molar-refractivity contribution in [1.29, 1.82) is 0 Å². The van der Waals surface area contributed by atoms with Crippen LogP contribution in [0.2, 0.25) is 0 Å². The molecular formula is C15H18Cl4O2. The molecule has 0 aliphatic rings. The summed E-state index contributed by atoms with van der Waals surface area (Å²) in [5, 5.41) is -0.501. The van der Waals surface area contributed by atoms with E-state index in [1.807, 2.05) is 30.3 Å². The second-order valence-electron chi connectivity index (χ2n) is 4.81. The molecule has 0 aliphatic heterocycles. The molecule has 6 heteroatoms. The van der Waals surface area contributed by atoms with Crippen molar-refractivity contribution in [3.63, 3.8) is 0 Å². The SMILES string of the molecule is CCOC(=O)C(C)C(c1ccccc1)C(Cl)CC(Cl)(Cl)Cl. The third-order valence-electron chi connectivity index (χ3n) is 3.20. The largest absolute Gasteiger partial charge is 0.466 e. The minimum Gasteiger partial charge on any atom is -0.466 e. The first-order valence-electron chi connectivity index (χ1n) is 6.68. The number of alkyl halides is 4. The minimum absolute atomic E-state index is 0.141. The van der Waals surface area contributed by atoms with Gasteiger partial charge in [-0.1, -0.05) is 72.1 Å². The third-order valence-corrected chi connectivity index (χ3v) is 4.09. The molecule has 0 amide bonds. The van der Waals surface area contributed by atoms with Crippen molar-refractivity contribution >= 4 is 52.4 Å². The lowest BCUT2D eigenvalue weighted by molar-refractivity contribution is -0.148. The predicted octanol–water partition coefficient (Wildman–Crippen LogP) is 5.34. The van der Waals surface area contributed by atoms with Gasteiger partial charge >= 0.3 is 5.97 Å². The molecule has 0 radical (unpaired) electrons. The summed E-state index contributed by atoms with van der Waals surface area (Å²) < 4.78 is 3.63. The molecule has 21 heavy (non-hydrogen) atoms. The number of carbonyl (C=O) groups excluding carboxylic acids is 1. The van der Waals surface area contributed by atoms with E-state index in [0.29, 0.717) is 6.61 Å². The molecule has 0 bridgehead atoms. The van der Waals surface area contributed by atoms with Crippen LogP contribution in [0, 0.1) is 5.92 Å². The van der Waals surface area contributed by atoms with Crippen LogP contribution in [0.5, 0.6) is 0 Å². The molecule has 118 valence electrons. The van der Waals surface area contributed by atoms with Gasteiger partial charge in [0.1, 0.15) is 0 Å². The fourth-order valence-electron chi connectivity index (χ4n) is 2.25. The average molecular weight is 372 g/mol. The fraction of sp³-hybridized carbons (Fsp3) is 0.533. The Balaban J connectivity index is 3.03. The van der Waals surface area contributed by atoms with Crippen molar-refractivity contribution in [2.24, 2.45) is 5.92 Å². The van der Waals surface area contributed by atoms with Crippen molar-refractivity contribution in [3.8, 4) is 0 Å². The highest BCUT2D eigenvalue weighted by Crippen LogP contribution is 2.41. The number of hydrogen-bond donors (Lipinski definition) is 0. The van der Waals surface area contributed by atoms with Gasteiger partial charge in [-0.3, -0.25) is 4.79 Å². The van der Waals surface area contributed by atoms with Gasteiger partial charge in [0.15, 0.2) is 3.79 Å². The van der Waals surface area contributed by atoms with Gasteiger partial charge < -0.3 is 4.74 Å². The lowest BCUT2D eigenvalue weighted by Crippen LogP contribution is -2.30. The second kappa shape index (κ2) is 8.47. The molecule has 1 aromatic carbocycles. The van der Waals surface area contributed by atoms with Gasteiger partial charge in [-0.25, -0.2) is 0 Å². The van der Waals surface area contributed by atoms with Crippen LogP contribution >= 0.6 is 46.4 Å². The molecule has 0 saturated heterocycles. The predicted molar refractivity (Wildman–Crippen MR) is 89.5 cm³/mol. The number of carbonyl (C=O) groups is 1. The van der Waals surface area contributed by atoms with Gasteiger partial charge in [0.2, 0.25) is 0 Å². The molecule has 2 nitrogen and oxygen atoms in total. The highest BCUT2D eigenvalue weighted by atomic mass is 35.6. The number of ether oxygens (including phenoxy) is 1. The van der Waals surface area contributed by atoms with Crippen molar-refractivity contribution in [2.45, 2.75) is 35.4 Å². The summed E-state index contributed by atoms with van der Waals surface area (Å²) in [4.78, 5) is 12.0. The Morgan fingerprint density at radius 1 is 1.24 bits per heavy atom. The number of benzene rings is 1. The Morgan fingerprint density at radius 2 is 1.81 bits per heavy atom. The summed E-state index contributed by atoms with van der Waals surface area (Å²) >= 11 is 23.9. The molecule has 1 rings (SSSR count). The number of hydrogen-bond acceptors (Lipinski definition) is 2. The van der Waals surface area contributed by atoms with E-state index in [0.717, 1.165) is 5.56 Å². The summed E-state index contributed by atoms with van der Waals surface area (Å²) in [5.41, 5.74) is 0.923. The van der Waals surface area contributed by atoms with E-state index < -0.39 is 15.1 Å². The third kappa shape index (κ3) is 6.23. The molecule has 0 N–H and O–H groups in total. The lowest BCUT2D eigenvalue weighted by Gasteiger charge is -2.29. The van der Waals surface area contributed by atoms with E-state index in [2.05, 4.69) is 0 Å². The van der Waals surface area contributed by atoms with E-state index in [1.54, 1.807) is 13.8 Å². The lowest BCUT2D eigenvalue weighted by atomic mass is 9.83. The van der Waals surface area contributed by atoms with Crippen LogP contribution in [0.15, 0.2) is 30.3 Å². The van der Waals surface area contributed by atoms with Gasteiger partial charge in [0.25, 0.3) is 0 Å². The van der Waals surface area contributed by atoms with Crippen LogP contribution in [0.25, 0.3) is 0 Å². The van der Waals surface area contributed by atoms with Crippen LogP contribution in [0.3, 0.4) is 0 Å². The minimum atomic E-state index is -1.46. The van der Waals surface area contributed by atoms with E-state index in [-0.39, 0.29) is 18.3 Å². The Hall–Kier alpha value is -0.150. The molecule has 0 spiro atoms. The molecule has 1 aromatic rings. The Bertz CT molecular complexity index is 445. The zero-order valence-electron chi connectivity index (χ0n) is 11.9. The van der Waals surface area contributed by atoms with E-state index in [1.165, 1.54) is 0 Å². The first-order valence-corrected chi connectivity index (χ1v) is 8.25. The van der Waals surface area contributed by atoms with Gasteiger partial charge in [0.05, 0.1) is 12.5 Å². The fourth-order valence-corrected chi connectivity index (χ4v) is 3.59. The topological polar surface area (TPSA) is 26.3 Å². The first kappa shape index (κ1) is 18.9. The molecule has 0 heterocycles. The van der Waals surface area contributed by atoms with Gasteiger partial charge in [-0.05, 0) is 12.5 Å². The van der Waals surface area contributed by atoms with Gasteiger partial charge in [0, 0.05) is 17.7 Å². The summed E-state index contributed by atoms with van der Waals surface area (Å²) in [7, 11) is 0. The van der Waals surface area contributed by atoms with Crippen molar-refractivity contribution in [2.75, 3.05) is 6.61 Å². The van der Waals surface area contributed by atoms with E-state index in [9.17, 15) is 4.79 Å². The molecular weight excluding hydrogens is 354 g/mol. The highest BCUT2D eigenvalue weighted by Gasteiger charge is 2.36. The maximum Gasteiger partial charge on any atom is 0.309 e. The van der Waals surface area contributed by atoms with Crippen molar-refractivity contribution < 1.29 is 9.53 Å². The van der Waals surface area contributed by atoms with Crippen LogP contribution in [0.1, 0.15) is 31.7 Å². The zero-order chi connectivity index (χ0) is 16.0. The van der Waals surface area contributed by atoms with Crippen molar-refractivity contribution in [1.82, 2.24) is 0 Å². The molecule has 0 saturated carbocycles.